The molecule has 0 aliphatic rings. The van der Waals surface area contributed by atoms with E-state index in [0.717, 1.165) is 35.5 Å². The minimum Gasteiger partial charge on any atom is -0.497 e. The summed E-state index contributed by atoms with van der Waals surface area (Å²) in [6, 6.07) is 15.3. The van der Waals surface area contributed by atoms with E-state index < -0.39 is 32.0 Å². The van der Waals surface area contributed by atoms with E-state index in [2.05, 4.69) is 65.9 Å². The van der Waals surface area contributed by atoms with Gasteiger partial charge in [-0.2, -0.15) is 0 Å². The van der Waals surface area contributed by atoms with Gasteiger partial charge in [0.05, 0.1) is 40.1 Å². The van der Waals surface area contributed by atoms with E-state index in [1.807, 2.05) is 36.4 Å². The highest BCUT2D eigenvalue weighted by molar-refractivity contribution is 6.77. The SMILES string of the molecule is COC(=O)[C@H](CCC[C@H](Cc1ccc(OC)cc1)[C@@H](O[Si](C(C)C)(C(C)C)C(C)C)[C@H](C)OCc1ccc(OC)cc1)NC(=O)OC(C)(C)C. The zero-order chi connectivity index (χ0) is 37.6. The molecular formula is C40H65NO8Si. The van der Waals surface area contributed by atoms with Gasteiger partial charge in [-0.15, -0.1) is 0 Å². The second-order valence-corrected chi connectivity index (χ2v) is 20.6. The van der Waals surface area contributed by atoms with Crippen LogP contribution in [0.25, 0.3) is 0 Å². The molecule has 1 N–H and O–H groups in total. The van der Waals surface area contributed by atoms with Crippen molar-refractivity contribution in [2.75, 3.05) is 21.3 Å². The molecule has 0 unspecified atom stereocenters. The number of benzene rings is 2. The minimum absolute atomic E-state index is 0.0391. The quantitative estimate of drug-likeness (QED) is 0.107. The van der Waals surface area contributed by atoms with Gasteiger partial charge in [0.15, 0.2) is 0 Å². The van der Waals surface area contributed by atoms with Crippen molar-refractivity contribution in [2.45, 2.75) is 142 Å². The highest BCUT2D eigenvalue weighted by Crippen LogP contribution is 2.45. The topological polar surface area (TPSA) is 102 Å². The summed E-state index contributed by atoms with van der Waals surface area (Å²) in [5.74, 6) is 1.14. The summed E-state index contributed by atoms with van der Waals surface area (Å²) in [6.45, 7) is 21.7. The molecule has 4 atom stereocenters. The Morgan fingerprint density at radius 1 is 0.740 bits per heavy atom. The van der Waals surface area contributed by atoms with Crippen molar-refractivity contribution in [3.8, 4) is 11.5 Å². The molecule has 0 aromatic heterocycles. The van der Waals surface area contributed by atoms with Gasteiger partial charge in [0.25, 0.3) is 0 Å². The fraction of sp³-hybridized carbons (Fsp3) is 0.650. The van der Waals surface area contributed by atoms with Crippen LogP contribution in [0.3, 0.4) is 0 Å². The lowest BCUT2D eigenvalue weighted by molar-refractivity contribution is -0.143. The summed E-state index contributed by atoms with van der Waals surface area (Å²) in [5.41, 5.74) is 2.65. The van der Waals surface area contributed by atoms with E-state index in [1.165, 1.54) is 7.11 Å². The fourth-order valence-corrected chi connectivity index (χ4v) is 12.8. The van der Waals surface area contributed by atoms with Gasteiger partial charge in [-0.05, 0) is 105 Å². The molecule has 0 bridgehead atoms. The molecule has 2 aromatic rings. The third kappa shape index (κ3) is 12.9. The highest BCUT2D eigenvalue weighted by atomic mass is 28.4. The molecule has 2 rings (SSSR count). The molecule has 282 valence electrons. The molecule has 0 spiro atoms. The normalized spacial score (nSPS) is 14.6. The number of methoxy groups -OCH3 is 3. The van der Waals surface area contributed by atoms with E-state index in [4.69, 9.17) is 28.1 Å². The molecule has 0 heterocycles. The van der Waals surface area contributed by atoms with Crippen LogP contribution in [-0.2, 0) is 36.5 Å². The second-order valence-electron chi connectivity index (χ2n) is 15.2. The number of amides is 1. The van der Waals surface area contributed by atoms with Gasteiger partial charge < -0.3 is 33.4 Å². The summed E-state index contributed by atoms with van der Waals surface area (Å²) in [5, 5.41) is 2.73. The van der Waals surface area contributed by atoms with Crippen molar-refractivity contribution >= 4 is 20.4 Å². The molecule has 50 heavy (non-hydrogen) atoms. The molecule has 0 fully saturated rings. The molecule has 0 saturated carbocycles. The molecule has 2 aromatic carbocycles. The van der Waals surface area contributed by atoms with Crippen molar-refractivity contribution in [3.63, 3.8) is 0 Å². The largest absolute Gasteiger partial charge is 0.497 e. The Bertz CT molecular complexity index is 1270. The Kier molecular flexibility index (Phi) is 17.3. The first-order chi connectivity index (χ1) is 23.5. The van der Waals surface area contributed by atoms with Crippen LogP contribution in [-0.4, -0.2) is 65.6 Å². The van der Waals surface area contributed by atoms with Gasteiger partial charge in [0.1, 0.15) is 23.1 Å². The maximum atomic E-state index is 12.8. The fourth-order valence-electron chi connectivity index (χ4n) is 7.14. The van der Waals surface area contributed by atoms with Crippen molar-refractivity contribution in [1.82, 2.24) is 5.32 Å². The average Bonchev–Trinajstić information content (AvgIpc) is 3.05. The Morgan fingerprint density at radius 3 is 1.68 bits per heavy atom. The smallest absolute Gasteiger partial charge is 0.408 e. The van der Waals surface area contributed by atoms with E-state index in [-0.39, 0.29) is 18.1 Å². The van der Waals surface area contributed by atoms with Gasteiger partial charge in [-0.3, -0.25) is 0 Å². The Balaban J connectivity index is 2.52. The van der Waals surface area contributed by atoms with Crippen LogP contribution >= 0.6 is 0 Å². The molecule has 0 radical (unpaired) electrons. The van der Waals surface area contributed by atoms with Crippen LogP contribution in [0.4, 0.5) is 4.79 Å². The molecule has 9 nitrogen and oxygen atoms in total. The third-order valence-corrected chi connectivity index (χ3v) is 15.6. The van der Waals surface area contributed by atoms with Crippen molar-refractivity contribution < 1.29 is 37.7 Å². The van der Waals surface area contributed by atoms with Gasteiger partial charge in [-0.1, -0.05) is 72.2 Å². The Labute approximate surface area is 303 Å². The maximum absolute atomic E-state index is 12.8. The molecule has 0 aliphatic carbocycles. The first kappa shape index (κ1) is 43.1. The average molecular weight is 716 g/mol. The van der Waals surface area contributed by atoms with E-state index >= 15 is 0 Å². The van der Waals surface area contributed by atoms with Crippen molar-refractivity contribution in [2.24, 2.45) is 5.92 Å². The lowest BCUT2D eigenvalue weighted by Gasteiger charge is -2.47. The number of esters is 1. The number of hydrogen-bond acceptors (Lipinski definition) is 8. The van der Waals surface area contributed by atoms with Crippen LogP contribution in [0.5, 0.6) is 11.5 Å². The molecular weight excluding hydrogens is 651 g/mol. The number of carbonyl (C=O) groups is 2. The van der Waals surface area contributed by atoms with Gasteiger partial charge in [0, 0.05) is 0 Å². The number of alkyl carbamates (subject to hydrolysis) is 1. The van der Waals surface area contributed by atoms with E-state index in [1.54, 1.807) is 35.0 Å². The van der Waals surface area contributed by atoms with Gasteiger partial charge in [0.2, 0.25) is 8.32 Å². The number of ether oxygens (including phenoxy) is 5. The second kappa shape index (κ2) is 20.1. The first-order valence-corrected chi connectivity index (χ1v) is 20.2. The van der Waals surface area contributed by atoms with Gasteiger partial charge in [-0.25, -0.2) is 9.59 Å². The summed E-state index contributed by atoms with van der Waals surface area (Å²) in [4.78, 5) is 25.5. The summed E-state index contributed by atoms with van der Waals surface area (Å²) in [6.07, 6.45) is 1.39. The van der Waals surface area contributed by atoms with E-state index in [9.17, 15) is 9.59 Å². The number of rotatable bonds is 20. The van der Waals surface area contributed by atoms with Gasteiger partial charge >= 0.3 is 12.1 Å². The molecule has 0 saturated heterocycles. The Morgan fingerprint density at radius 2 is 1.24 bits per heavy atom. The summed E-state index contributed by atoms with van der Waals surface area (Å²) in [7, 11) is 2.30. The van der Waals surface area contributed by atoms with Crippen molar-refractivity contribution in [1.29, 1.82) is 0 Å². The predicted octanol–water partition coefficient (Wildman–Crippen LogP) is 9.27. The molecule has 1 amide bonds. The number of hydrogen-bond donors (Lipinski definition) is 1. The maximum Gasteiger partial charge on any atom is 0.408 e. The monoisotopic (exact) mass is 715 g/mol. The summed E-state index contributed by atoms with van der Waals surface area (Å²) >= 11 is 0. The number of carbonyl (C=O) groups excluding carboxylic acids is 2. The van der Waals surface area contributed by atoms with Crippen molar-refractivity contribution in [3.05, 3.63) is 59.7 Å². The van der Waals surface area contributed by atoms with Crippen LogP contribution < -0.4 is 14.8 Å². The van der Waals surface area contributed by atoms with Crippen LogP contribution in [0, 0.1) is 5.92 Å². The highest BCUT2D eigenvalue weighted by Gasteiger charge is 2.48. The zero-order valence-electron chi connectivity index (χ0n) is 33.0. The lowest BCUT2D eigenvalue weighted by atomic mass is 9.86. The zero-order valence-corrected chi connectivity index (χ0v) is 34.0. The number of nitrogens with one attached hydrogen (secondary N) is 1. The molecule has 10 heteroatoms. The third-order valence-electron chi connectivity index (χ3n) is 9.55. The predicted molar refractivity (Wildman–Crippen MR) is 202 cm³/mol. The van der Waals surface area contributed by atoms with Crippen LogP contribution in [0.15, 0.2) is 48.5 Å². The summed E-state index contributed by atoms with van der Waals surface area (Å²) < 4.78 is 35.6. The van der Waals surface area contributed by atoms with Crippen LogP contribution in [0.1, 0.15) is 99.6 Å². The van der Waals surface area contributed by atoms with E-state index in [0.29, 0.717) is 36.1 Å². The first-order valence-electron chi connectivity index (χ1n) is 18.1. The van der Waals surface area contributed by atoms with Crippen LogP contribution in [0.2, 0.25) is 16.6 Å². The molecule has 0 aliphatic heterocycles. The Hall–Kier alpha value is -3.08. The lowest BCUT2D eigenvalue weighted by Crippen LogP contribution is -2.54. The minimum atomic E-state index is -2.36. The standard InChI is InChI=1S/C40H65NO8Si/c1-27(2)50(28(3)4,29(5)6)49-37(30(7)47-26-32-19-23-35(45-12)24-20-32)33(25-31-17-21-34(44-11)22-18-31)15-14-16-36(38(42)46-13)41-39(43)48-40(8,9)10/h17-24,27-30,33,36-37H,14-16,25-26H2,1-13H3,(H,41,43)/t30-,33+,36-,37-/m0/s1.